The first-order valence-corrected chi connectivity index (χ1v) is 8.07. The molecule has 0 radical (unpaired) electrons. The SMILES string of the molecule is CC(C)(C)C1=C[C@@H](c2cccc(-c3ccccc3)c2)C(N)C1. The lowest BCUT2D eigenvalue weighted by Gasteiger charge is -2.20. The molecule has 1 heteroatoms. The molecule has 3 rings (SSSR count). The van der Waals surface area contributed by atoms with E-state index in [1.165, 1.54) is 22.3 Å². The van der Waals surface area contributed by atoms with Gasteiger partial charge in [-0.25, -0.2) is 0 Å². The van der Waals surface area contributed by atoms with Gasteiger partial charge < -0.3 is 5.73 Å². The third-order valence-corrected chi connectivity index (χ3v) is 4.64. The van der Waals surface area contributed by atoms with E-state index in [-0.39, 0.29) is 11.5 Å². The molecule has 1 aliphatic rings. The first-order chi connectivity index (χ1) is 10.4. The largest absolute Gasteiger partial charge is 0.327 e. The maximum absolute atomic E-state index is 6.43. The average molecular weight is 291 g/mol. The summed E-state index contributed by atoms with van der Waals surface area (Å²) in [6.07, 6.45) is 3.40. The van der Waals surface area contributed by atoms with E-state index in [1.54, 1.807) is 0 Å². The van der Waals surface area contributed by atoms with Gasteiger partial charge in [-0.3, -0.25) is 0 Å². The Morgan fingerprint density at radius 1 is 0.909 bits per heavy atom. The molecule has 0 amide bonds. The fraction of sp³-hybridized carbons (Fsp3) is 0.333. The molecule has 2 aromatic carbocycles. The van der Waals surface area contributed by atoms with E-state index in [0.29, 0.717) is 5.92 Å². The van der Waals surface area contributed by atoms with Gasteiger partial charge in [0.05, 0.1) is 0 Å². The molecule has 2 atom stereocenters. The van der Waals surface area contributed by atoms with Crippen molar-refractivity contribution in [2.75, 3.05) is 0 Å². The van der Waals surface area contributed by atoms with Gasteiger partial charge >= 0.3 is 0 Å². The van der Waals surface area contributed by atoms with Crippen LogP contribution in [-0.4, -0.2) is 6.04 Å². The zero-order chi connectivity index (χ0) is 15.7. The molecule has 2 aromatic rings. The Balaban J connectivity index is 1.95. The first-order valence-electron chi connectivity index (χ1n) is 8.07. The number of hydrogen-bond donors (Lipinski definition) is 1. The second kappa shape index (κ2) is 5.73. The van der Waals surface area contributed by atoms with E-state index < -0.39 is 0 Å². The van der Waals surface area contributed by atoms with E-state index in [1.807, 2.05) is 0 Å². The van der Waals surface area contributed by atoms with Gasteiger partial charge in [-0.05, 0) is 28.5 Å². The van der Waals surface area contributed by atoms with Crippen LogP contribution in [0, 0.1) is 5.41 Å². The lowest BCUT2D eigenvalue weighted by molar-refractivity contribution is 0.479. The maximum Gasteiger partial charge on any atom is 0.0181 e. The molecule has 0 fully saturated rings. The summed E-state index contributed by atoms with van der Waals surface area (Å²) in [5, 5.41) is 0. The van der Waals surface area contributed by atoms with Crippen molar-refractivity contribution in [1.82, 2.24) is 0 Å². The van der Waals surface area contributed by atoms with Gasteiger partial charge in [-0.15, -0.1) is 0 Å². The van der Waals surface area contributed by atoms with Crippen LogP contribution in [0.2, 0.25) is 0 Å². The van der Waals surface area contributed by atoms with Crippen molar-refractivity contribution in [3.63, 3.8) is 0 Å². The minimum absolute atomic E-state index is 0.195. The third-order valence-electron chi connectivity index (χ3n) is 4.64. The molecule has 0 aromatic heterocycles. The lowest BCUT2D eigenvalue weighted by atomic mass is 9.86. The van der Waals surface area contributed by atoms with Crippen molar-refractivity contribution in [2.24, 2.45) is 11.1 Å². The Hall–Kier alpha value is -1.86. The van der Waals surface area contributed by atoms with Crippen LogP contribution in [-0.2, 0) is 0 Å². The summed E-state index contributed by atoms with van der Waals surface area (Å²) < 4.78 is 0. The molecule has 0 saturated heterocycles. The van der Waals surface area contributed by atoms with Gasteiger partial charge in [-0.1, -0.05) is 87.0 Å². The van der Waals surface area contributed by atoms with Crippen LogP contribution in [0.4, 0.5) is 0 Å². The molecule has 0 heterocycles. The Bertz CT molecular complexity index is 677. The molecule has 22 heavy (non-hydrogen) atoms. The highest BCUT2D eigenvalue weighted by Gasteiger charge is 2.31. The first kappa shape index (κ1) is 15.1. The fourth-order valence-electron chi connectivity index (χ4n) is 3.25. The molecule has 0 saturated carbocycles. The van der Waals surface area contributed by atoms with Crippen molar-refractivity contribution >= 4 is 0 Å². The minimum atomic E-state index is 0.195. The summed E-state index contributed by atoms with van der Waals surface area (Å²) in [5.41, 5.74) is 12.0. The van der Waals surface area contributed by atoms with Crippen molar-refractivity contribution in [1.29, 1.82) is 0 Å². The topological polar surface area (TPSA) is 26.0 Å². The Labute approximate surface area is 133 Å². The van der Waals surface area contributed by atoms with E-state index in [9.17, 15) is 0 Å². The molecular weight excluding hydrogens is 266 g/mol. The van der Waals surface area contributed by atoms with Crippen LogP contribution in [0.1, 0.15) is 38.7 Å². The summed E-state index contributed by atoms with van der Waals surface area (Å²) in [6, 6.07) is 19.6. The highest BCUT2D eigenvalue weighted by molar-refractivity contribution is 5.64. The monoisotopic (exact) mass is 291 g/mol. The summed E-state index contributed by atoms with van der Waals surface area (Å²) in [5.74, 6) is 0.331. The van der Waals surface area contributed by atoms with Gasteiger partial charge in [0.1, 0.15) is 0 Å². The molecular formula is C21H25N. The van der Waals surface area contributed by atoms with E-state index in [4.69, 9.17) is 5.73 Å². The second-order valence-electron chi connectivity index (χ2n) is 7.33. The van der Waals surface area contributed by atoms with Crippen molar-refractivity contribution in [3.8, 4) is 11.1 Å². The highest BCUT2D eigenvalue weighted by atomic mass is 14.7. The predicted octanol–water partition coefficient (Wildman–Crippen LogP) is 5.14. The Morgan fingerprint density at radius 2 is 1.59 bits per heavy atom. The molecule has 0 spiro atoms. The van der Waals surface area contributed by atoms with Crippen LogP contribution < -0.4 is 5.73 Å². The third kappa shape index (κ3) is 3.00. The summed E-state index contributed by atoms with van der Waals surface area (Å²) in [6.45, 7) is 6.82. The number of rotatable bonds is 2. The average Bonchev–Trinajstić information content (AvgIpc) is 2.90. The van der Waals surface area contributed by atoms with Crippen LogP contribution >= 0.6 is 0 Å². The summed E-state index contributed by atoms with van der Waals surface area (Å²) in [4.78, 5) is 0. The Morgan fingerprint density at radius 3 is 2.23 bits per heavy atom. The van der Waals surface area contributed by atoms with E-state index >= 15 is 0 Å². The molecule has 114 valence electrons. The standard InChI is InChI=1S/C21H25N/c1-21(2,3)18-13-19(20(22)14-18)17-11-7-10-16(12-17)15-8-5-4-6-9-15/h4-13,19-20H,14,22H2,1-3H3/t19-,20?/m0/s1. The molecule has 1 unspecified atom stereocenters. The van der Waals surface area contributed by atoms with Gasteiger partial charge in [0, 0.05) is 12.0 Å². The number of hydrogen-bond acceptors (Lipinski definition) is 1. The van der Waals surface area contributed by atoms with Gasteiger partial charge in [0.2, 0.25) is 0 Å². The van der Waals surface area contributed by atoms with Crippen molar-refractivity contribution < 1.29 is 0 Å². The summed E-state index contributed by atoms with van der Waals surface area (Å²) in [7, 11) is 0. The molecule has 1 nitrogen and oxygen atoms in total. The molecule has 2 N–H and O–H groups in total. The van der Waals surface area contributed by atoms with Crippen molar-refractivity contribution in [2.45, 2.75) is 39.2 Å². The van der Waals surface area contributed by atoms with Gasteiger partial charge in [-0.2, -0.15) is 0 Å². The maximum atomic E-state index is 6.43. The predicted molar refractivity (Wildman–Crippen MR) is 94.7 cm³/mol. The molecule has 0 bridgehead atoms. The van der Waals surface area contributed by atoms with Crippen LogP contribution in [0.25, 0.3) is 11.1 Å². The van der Waals surface area contributed by atoms with E-state index in [2.05, 4.69) is 81.4 Å². The van der Waals surface area contributed by atoms with Crippen molar-refractivity contribution in [3.05, 3.63) is 71.8 Å². The normalized spacial score (nSPS) is 21.7. The lowest BCUT2D eigenvalue weighted by Crippen LogP contribution is -2.24. The van der Waals surface area contributed by atoms with E-state index in [0.717, 1.165) is 6.42 Å². The molecule has 0 aliphatic heterocycles. The fourth-order valence-corrected chi connectivity index (χ4v) is 3.25. The number of nitrogens with two attached hydrogens (primary N) is 1. The smallest absolute Gasteiger partial charge is 0.0181 e. The zero-order valence-electron chi connectivity index (χ0n) is 13.7. The minimum Gasteiger partial charge on any atom is -0.327 e. The Kier molecular flexibility index (Phi) is 3.92. The van der Waals surface area contributed by atoms with Gasteiger partial charge in [0.25, 0.3) is 0 Å². The zero-order valence-corrected chi connectivity index (χ0v) is 13.7. The highest BCUT2D eigenvalue weighted by Crippen LogP contribution is 2.40. The molecule has 1 aliphatic carbocycles. The quantitative estimate of drug-likeness (QED) is 0.762. The summed E-state index contributed by atoms with van der Waals surface area (Å²) >= 11 is 0. The van der Waals surface area contributed by atoms with Crippen LogP contribution in [0.5, 0.6) is 0 Å². The second-order valence-corrected chi connectivity index (χ2v) is 7.33. The van der Waals surface area contributed by atoms with Gasteiger partial charge in [0.15, 0.2) is 0 Å². The number of benzene rings is 2. The van der Waals surface area contributed by atoms with Crippen LogP contribution in [0.15, 0.2) is 66.2 Å². The van der Waals surface area contributed by atoms with Crippen LogP contribution in [0.3, 0.4) is 0 Å².